The molecule has 3 rings (SSSR count). The first-order chi connectivity index (χ1) is 13.2. The predicted octanol–water partition coefficient (Wildman–Crippen LogP) is 5.82. The Morgan fingerprint density at radius 1 is 1.07 bits per heavy atom. The van der Waals surface area contributed by atoms with E-state index in [9.17, 15) is 4.39 Å². The molecule has 1 aromatic carbocycles. The third-order valence-corrected chi connectivity index (χ3v) is 6.13. The molecule has 0 atom stereocenters. The molecule has 4 heteroatoms. The van der Waals surface area contributed by atoms with Crippen LogP contribution in [0.1, 0.15) is 75.8 Å². The van der Waals surface area contributed by atoms with Crippen molar-refractivity contribution in [3.63, 3.8) is 0 Å². The van der Waals surface area contributed by atoms with Crippen molar-refractivity contribution >= 4 is 0 Å². The standard InChI is InChI=1S/C23H35FO3/c1-3-5-6-17-14-26-23(27-15-17)19-9-7-18(8-10-19)20-11-12-21(16-25-4-2)22(24)13-20/h11-13,17-19,23H,3-10,14-16H2,1-2H3/t17-,18?,19?,23-. The summed E-state index contributed by atoms with van der Waals surface area (Å²) >= 11 is 0. The zero-order valence-corrected chi connectivity index (χ0v) is 16.9. The van der Waals surface area contributed by atoms with Gasteiger partial charge in [-0.3, -0.25) is 0 Å². The van der Waals surface area contributed by atoms with Gasteiger partial charge in [0.25, 0.3) is 0 Å². The van der Waals surface area contributed by atoms with Crippen LogP contribution in [0.4, 0.5) is 4.39 Å². The lowest BCUT2D eigenvalue weighted by Crippen LogP contribution is -2.38. The highest BCUT2D eigenvalue weighted by atomic mass is 19.1. The molecule has 0 spiro atoms. The molecular weight excluding hydrogens is 343 g/mol. The Hall–Kier alpha value is -0.970. The van der Waals surface area contributed by atoms with Crippen LogP contribution < -0.4 is 0 Å². The first kappa shape index (κ1) is 20.8. The summed E-state index contributed by atoms with van der Waals surface area (Å²) in [6.07, 6.45) is 8.02. The molecule has 27 heavy (non-hydrogen) atoms. The zero-order valence-electron chi connectivity index (χ0n) is 16.9. The van der Waals surface area contributed by atoms with E-state index in [-0.39, 0.29) is 12.1 Å². The summed E-state index contributed by atoms with van der Waals surface area (Å²) in [7, 11) is 0. The van der Waals surface area contributed by atoms with Crippen molar-refractivity contribution in [1.82, 2.24) is 0 Å². The average molecular weight is 379 g/mol. The minimum absolute atomic E-state index is 0.0332. The van der Waals surface area contributed by atoms with Gasteiger partial charge in [-0.15, -0.1) is 0 Å². The first-order valence-corrected chi connectivity index (χ1v) is 10.8. The molecule has 3 nitrogen and oxygen atoms in total. The summed E-state index contributed by atoms with van der Waals surface area (Å²) in [5.74, 6) is 1.35. The molecule has 1 aromatic rings. The molecule has 2 fully saturated rings. The van der Waals surface area contributed by atoms with E-state index in [0.717, 1.165) is 44.5 Å². The Morgan fingerprint density at radius 2 is 1.81 bits per heavy atom. The maximum atomic E-state index is 14.3. The number of ether oxygens (including phenoxy) is 3. The summed E-state index contributed by atoms with van der Waals surface area (Å²) in [4.78, 5) is 0. The van der Waals surface area contributed by atoms with Gasteiger partial charge < -0.3 is 14.2 Å². The van der Waals surface area contributed by atoms with Crippen LogP contribution in [-0.2, 0) is 20.8 Å². The molecule has 1 saturated carbocycles. The van der Waals surface area contributed by atoms with E-state index in [1.807, 2.05) is 13.0 Å². The number of benzene rings is 1. The molecule has 0 unspecified atom stereocenters. The van der Waals surface area contributed by atoms with E-state index in [1.54, 1.807) is 6.07 Å². The van der Waals surface area contributed by atoms with Gasteiger partial charge in [-0.25, -0.2) is 4.39 Å². The predicted molar refractivity (Wildman–Crippen MR) is 105 cm³/mol. The fourth-order valence-corrected chi connectivity index (χ4v) is 4.36. The summed E-state index contributed by atoms with van der Waals surface area (Å²) in [5, 5.41) is 0. The Morgan fingerprint density at radius 3 is 2.44 bits per heavy atom. The number of unbranched alkanes of at least 4 members (excludes halogenated alkanes) is 1. The van der Waals surface area contributed by atoms with Gasteiger partial charge in [-0.1, -0.05) is 31.9 Å². The lowest BCUT2D eigenvalue weighted by molar-refractivity contribution is -0.229. The molecule has 152 valence electrons. The van der Waals surface area contributed by atoms with Crippen LogP contribution >= 0.6 is 0 Å². The Kier molecular flexibility index (Phi) is 8.10. The number of halogens is 1. The normalized spacial score (nSPS) is 29.0. The van der Waals surface area contributed by atoms with Crippen molar-refractivity contribution in [1.29, 1.82) is 0 Å². The van der Waals surface area contributed by atoms with Gasteiger partial charge in [0.15, 0.2) is 6.29 Å². The molecule has 0 amide bonds. The lowest BCUT2D eigenvalue weighted by atomic mass is 9.78. The third kappa shape index (κ3) is 5.75. The van der Waals surface area contributed by atoms with Gasteiger partial charge in [-0.2, -0.15) is 0 Å². The maximum absolute atomic E-state index is 14.3. The van der Waals surface area contributed by atoms with E-state index in [2.05, 4.69) is 13.0 Å². The number of rotatable bonds is 8. The van der Waals surface area contributed by atoms with Crippen molar-refractivity contribution in [2.75, 3.05) is 19.8 Å². The topological polar surface area (TPSA) is 27.7 Å². The van der Waals surface area contributed by atoms with Gasteiger partial charge in [0, 0.05) is 24.0 Å². The maximum Gasteiger partial charge on any atom is 0.160 e. The SMILES string of the molecule is CCCC[C@H]1CO[C@H](C2CCC(c3ccc(COCC)c(F)c3)CC2)OC1. The van der Waals surface area contributed by atoms with Gasteiger partial charge in [-0.05, 0) is 56.6 Å². The van der Waals surface area contributed by atoms with Crippen molar-refractivity contribution in [2.45, 2.75) is 77.6 Å². The van der Waals surface area contributed by atoms with Crippen molar-refractivity contribution in [3.8, 4) is 0 Å². The van der Waals surface area contributed by atoms with Gasteiger partial charge in [0.05, 0.1) is 19.8 Å². The van der Waals surface area contributed by atoms with Crippen LogP contribution in [0.3, 0.4) is 0 Å². The second-order valence-electron chi connectivity index (χ2n) is 8.14. The average Bonchev–Trinajstić information content (AvgIpc) is 2.72. The van der Waals surface area contributed by atoms with Crippen LogP contribution in [-0.4, -0.2) is 26.1 Å². The number of hydrogen-bond donors (Lipinski definition) is 0. The van der Waals surface area contributed by atoms with E-state index in [4.69, 9.17) is 14.2 Å². The molecule has 1 aliphatic heterocycles. The van der Waals surface area contributed by atoms with E-state index < -0.39 is 0 Å². The highest BCUT2D eigenvalue weighted by Gasteiger charge is 2.32. The van der Waals surface area contributed by atoms with Gasteiger partial charge in [0.1, 0.15) is 5.82 Å². The largest absolute Gasteiger partial charge is 0.377 e. The first-order valence-electron chi connectivity index (χ1n) is 10.8. The fourth-order valence-electron chi connectivity index (χ4n) is 4.36. The Balaban J connectivity index is 1.46. The number of hydrogen-bond acceptors (Lipinski definition) is 3. The quantitative estimate of drug-likeness (QED) is 0.571. The van der Waals surface area contributed by atoms with Crippen LogP contribution in [0.2, 0.25) is 0 Å². The van der Waals surface area contributed by atoms with Crippen molar-refractivity contribution in [2.24, 2.45) is 11.8 Å². The summed E-state index contributed by atoms with van der Waals surface area (Å²) < 4.78 is 31.7. The second kappa shape index (κ2) is 10.5. The fraction of sp³-hybridized carbons (Fsp3) is 0.739. The smallest absolute Gasteiger partial charge is 0.160 e. The van der Waals surface area contributed by atoms with Crippen LogP contribution in [0.15, 0.2) is 18.2 Å². The van der Waals surface area contributed by atoms with Crippen LogP contribution in [0.25, 0.3) is 0 Å². The van der Waals surface area contributed by atoms with Gasteiger partial charge >= 0.3 is 0 Å². The summed E-state index contributed by atoms with van der Waals surface area (Å²) in [5.41, 5.74) is 1.77. The molecule has 2 aliphatic rings. The molecule has 0 radical (unpaired) electrons. The molecule has 0 bridgehead atoms. The monoisotopic (exact) mass is 378 g/mol. The summed E-state index contributed by atoms with van der Waals surface area (Å²) in [6.45, 7) is 6.80. The minimum atomic E-state index is -0.139. The lowest BCUT2D eigenvalue weighted by Gasteiger charge is -2.37. The Bertz CT molecular complexity index is 561. The van der Waals surface area contributed by atoms with Gasteiger partial charge in [0.2, 0.25) is 0 Å². The van der Waals surface area contributed by atoms with Crippen molar-refractivity contribution < 1.29 is 18.6 Å². The van der Waals surface area contributed by atoms with Crippen LogP contribution in [0, 0.1) is 17.7 Å². The molecule has 0 aromatic heterocycles. The molecule has 0 N–H and O–H groups in total. The third-order valence-electron chi connectivity index (χ3n) is 6.13. The molecule has 1 aliphatic carbocycles. The van der Waals surface area contributed by atoms with Crippen LogP contribution in [0.5, 0.6) is 0 Å². The molecule has 1 heterocycles. The molecule has 1 saturated heterocycles. The highest BCUT2D eigenvalue weighted by molar-refractivity contribution is 5.27. The van der Waals surface area contributed by atoms with E-state index >= 15 is 0 Å². The minimum Gasteiger partial charge on any atom is -0.377 e. The second-order valence-corrected chi connectivity index (χ2v) is 8.14. The highest BCUT2D eigenvalue weighted by Crippen LogP contribution is 2.39. The van der Waals surface area contributed by atoms with Crippen molar-refractivity contribution in [3.05, 3.63) is 35.1 Å². The summed E-state index contributed by atoms with van der Waals surface area (Å²) in [6, 6.07) is 5.68. The van der Waals surface area contributed by atoms with E-state index in [1.165, 1.54) is 19.3 Å². The Labute approximate surface area is 163 Å². The van der Waals surface area contributed by atoms with E-state index in [0.29, 0.717) is 36.5 Å². The zero-order chi connectivity index (χ0) is 19.1. The molecular formula is C23H35FO3.